The molecule has 0 spiro atoms. The second-order valence-electron chi connectivity index (χ2n) is 10.5. The standard InChI is InChI=1S/C31H39N3O4S/c1-22(2)19-32-31(36)26(6)33(20-27-14-10-23(3)11-15-27)30(35)21-34(28-9-7-8-25(5)18-28)39(37,38)29-16-12-24(4)13-17-29/h7-18,22,26H,19-21H2,1-6H3,(H,32,36)/t26-/m0/s1. The molecule has 7 nitrogen and oxygen atoms in total. The Kier molecular flexibility index (Phi) is 9.92. The largest absolute Gasteiger partial charge is 0.354 e. The van der Waals surface area contributed by atoms with Gasteiger partial charge in [-0.05, 0) is 69.0 Å². The van der Waals surface area contributed by atoms with Crippen LogP contribution in [0, 0.1) is 26.7 Å². The Hall–Kier alpha value is -3.65. The third kappa shape index (κ3) is 7.93. The van der Waals surface area contributed by atoms with Gasteiger partial charge in [-0.2, -0.15) is 0 Å². The monoisotopic (exact) mass is 549 g/mol. The van der Waals surface area contributed by atoms with E-state index in [0.717, 1.165) is 26.6 Å². The summed E-state index contributed by atoms with van der Waals surface area (Å²) in [5, 5.41) is 2.90. The lowest BCUT2D eigenvalue weighted by Gasteiger charge is -2.32. The van der Waals surface area contributed by atoms with Crippen LogP contribution in [-0.4, -0.2) is 44.3 Å². The van der Waals surface area contributed by atoms with E-state index in [9.17, 15) is 18.0 Å². The van der Waals surface area contributed by atoms with E-state index in [4.69, 9.17) is 0 Å². The Labute approximate surface area is 232 Å². The van der Waals surface area contributed by atoms with Crippen LogP contribution < -0.4 is 9.62 Å². The average Bonchev–Trinajstić information content (AvgIpc) is 2.89. The lowest BCUT2D eigenvalue weighted by Crippen LogP contribution is -2.51. The van der Waals surface area contributed by atoms with Crippen LogP contribution in [0.25, 0.3) is 0 Å². The Bertz CT molecular complexity index is 1380. The molecule has 0 saturated heterocycles. The average molecular weight is 550 g/mol. The first-order valence-electron chi connectivity index (χ1n) is 13.2. The minimum absolute atomic E-state index is 0.0928. The van der Waals surface area contributed by atoms with Gasteiger partial charge in [0.15, 0.2) is 0 Å². The second kappa shape index (κ2) is 12.9. The molecule has 1 N–H and O–H groups in total. The number of rotatable bonds is 11. The smallest absolute Gasteiger partial charge is 0.264 e. The molecule has 0 aliphatic rings. The molecule has 208 valence electrons. The Morgan fingerprint density at radius 3 is 1.97 bits per heavy atom. The summed E-state index contributed by atoms with van der Waals surface area (Å²) in [4.78, 5) is 28.5. The normalized spacial score (nSPS) is 12.2. The van der Waals surface area contributed by atoms with Crippen molar-refractivity contribution in [1.29, 1.82) is 0 Å². The van der Waals surface area contributed by atoms with Crippen molar-refractivity contribution in [2.75, 3.05) is 17.4 Å². The fourth-order valence-corrected chi connectivity index (χ4v) is 5.48. The topological polar surface area (TPSA) is 86.8 Å². The van der Waals surface area contributed by atoms with Gasteiger partial charge in [-0.3, -0.25) is 13.9 Å². The highest BCUT2D eigenvalue weighted by atomic mass is 32.2. The van der Waals surface area contributed by atoms with Crippen molar-refractivity contribution in [1.82, 2.24) is 10.2 Å². The van der Waals surface area contributed by atoms with Gasteiger partial charge in [-0.15, -0.1) is 0 Å². The quantitative estimate of drug-likeness (QED) is 0.365. The molecule has 0 fully saturated rings. The summed E-state index contributed by atoms with van der Waals surface area (Å²) in [6.45, 7) is 11.6. The highest BCUT2D eigenvalue weighted by molar-refractivity contribution is 7.92. The number of amides is 2. The molecule has 1 atom stereocenters. The molecule has 0 aliphatic heterocycles. The number of nitrogens with zero attached hydrogens (tertiary/aromatic N) is 2. The van der Waals surface area contributed by atoms with Crippen molar-refractivity contribution in [3.8, 4) is 0 Å². The van der Waals surface area contributed by atoms with Crippen LogP contribution in [0.15, 0.2) is 77.7 Å². The maximum Gasteiger partial charge on any atom is 0.264 e. The van der Waals surface area contributed by atoms with Gasteiger partial charge in [0.1, 0.15) is 12.6 Å². The molecule has 0 aromatic heterocycles. The van der Waals surface area contributed by atoms with Gasteiger partial charge in [-0.25, -0.2) is 8.42 Å². The Morgan fingerprint density at radius 1 is 0.821 bits per heavy atom. The van der Waals surface area contributed by atoms with Gasteiger partial charge < -0.3 is 10.2 Å². The lowest BCUT2D eigenvalue weighted by molar-refractivity contribution is -0.139. The van der Waals surface area contributed by atoms with Gasteiger partial charge in [0.25, 0.3) is 10.0 Å². The molecule has 8 heteroatoms. The molecule has 3 aromatic rings. The molecule has 0 heterocycles. The van der Waals surface area contributed by atoms with Crippen LogP contribution in [0.5, 0.6) is 0 Å². The number of aryl methyl sites for hydroxylation is 3. The molecule has 2 amide bonds. The molecule has 0 radical (unpaired) electrons. The van der Waals surface area contributed by atoms with Crippen LogP contribution in [0.3, 0.4) is 0 Å². The first-order chi connectivity index (χ1) is 18.4. The summed E-state index contributed by atoms with van der Waals surface area (Å²) in [6.07, 6.45) is 0. The van der Waals surface area contributed by atoms with E-state index in [2.05, 4.69) is 5.32 Å². The first-order valence-corrected chi connectivity index (χ1v) is 14.6. The summed E-state index contributed by atoms with van der Waals surface area (Å²) in [5.74, 6) is -0.508. The van der Waals surface area contributed by atoms with E-state index in [1.54, 1.807) is 49.4 Å². The van der Waals surface area contributed by atoms with Crippen LogP contribution in [-0.2, 0) is 26.2 Å². The zero-order valence-corrected chi connectivity index (χ0v) is 24.5. The molecule has 0 bridgehead atoms. The highest BCUT2D eigenvalue weighted by Crippen LogP contribution is 2.25. The van der Waals surface area contributed by atoms with Crippen LogP contribution >= 0.6 is 0 Å². The zero-order chi connectivity index (χ0) is 28.7. The van der Waals surface area contributed by atoms with Gasteiger partial charge >= 0.3 is 0 Å². The summed E-state index contributed by atoms with van der Waals surface area (Å²) >= 11 is 0. The van der Waals surface area contributed by atoms with Crippen LogP contribution in [0.4, 0.5) is 5.69 Å². The third-order valence-corrected chi connectivity index (χ3v) is 8.29. The van der Waals surface area contributed by atoms with Crippen molar-refractivity contribution in [3.63, 3.8) is 0 Å². The van der Waals surface area contributed by atoms with Crippen molar-refractivity contribution in [2.24, 2.45) is 5.92 Å². The number of anilines is 1. The number of carbonyl (C=O) groups excluding carboxylic acids is 2. The fourth-order valence-electron chi connectivity index (χ4n) is 4.07. The van der Waals surface area contributed by atoms with E-state index in [1.807, 2.05) is 65.0 Å². The fraction of sp³-hybridized carbons (Fsp3) is 0.355. The molecule has 39 heavy (non-hydrogen) atoms. The van der Waals surface area contributed by atoms with Crippen LogP contribution in [0.1, 0.15) is 43.0 Å². The van der Waals surface area contributed by atoms with Crippen molar-refractivity contribution < 1.29 is 18.0 Å². The molecule has 3 aromatic carbocycles. The number of nitrogens with one attached hydrogen (secondary N) is 1. The maximum absolute atomic E-state index is 13.9. The van der Waals surface area contributed by atoms with E-state index in [-0.39, 0.29) is 23.3 Å². The van der Waals surface area contributed by atoms with Gasteiger partial charge in [0.2, 0.25) is 11.8 Å². The van der Waals surface area contributed by atoms with Crippen molar-refractivity contribution in [3.05, 3.63) is 95.1 Å². The molecule has 0 unspecified atom stereocenters. The number of benzene rings is 3. The Morgan fingerprint density at radius 2 is 1.41 bits per heavy atom. The van der Waals surface area contributed by atoms with Gasteiger partial charge in [0, 0.05) is 13.1 Å². The van der Waals surface area contributed by atoms with Crippen molar-refractivity contribution >= 4 is 27.5 Å². The second-order valence-corrected chi connectivity index (χ2v) is 12.3. The SMILES string of the molecule is Cc1ccc(CN(C(=O)CN(c2cccc(C)c2)S(=O)(=O)c2ccc(C)cc2)[C@@H](C)C(=O)NCC(C)C)cc1. The summed E-state index contributed by atoms with van der Waals surface area (Å²) in [5.41, 5.74) is 4.10. The van der Waals surface area contributed by atoms with Crippen molar-refractivity contribution in [2.45, 2.75) is 59.0 Å². The number of hydrogen-bond acceptors (Lipinski definition) is 4. The first kappa shape index (κ1) is 29.9. The summed E-state index contributed by atoms with van der Waals surface area (Å²) in [6, 6.07) is 20.5. The van der Waals surface area contributed by atoms with E-state index >= 15 is 0 Å². The maximum atomic E-state index is 13.9. The summed E-state index contributed by atoms with van der Waals surface area (Å²) < 4.78 is 28.9. The number of carbonyl (C=O) groups is 2. The van der Waals surface area contributed by atoms with E-state index in [1.165, 1.54) is 4.90 Å². The van der Waals surface area contributed by atoms with E-state index < -0.39 is 28.5 Å². The Balaban J connectivity index is 2.01. The van der Waals surface area contributed by atoms with Crippen LogP contribution in [0.2, 0.25) is 0 Å². The molecular formula is C31H39N3O4S. The zero-order valence-electron chi connectivity index (χ0n) is 23.6. The van der Waals surface area contributed by atoms with E-state index in [0.29, 0.717) is 12.2 Å². The highest BCUT2D eigenvalue weighted by Gasteiger charge is 2.32. The predicted molar refractivity (Wildman–Crippen MR) is 156 cm³/mol. The lowest BCUT2D eigenvalue weighted by atomic mass is 10.1. The predicted octanol–water partition coefficient (Wildman–Crippen LogP) is 5.00. The molecular weight excluding hydrogens is 510 g/mol. The molecule has 0 aliphatic carbocycles. The molecule has 3 rings (SSSR count). The summed E-state index contributed by atoms with van der Waals surface area (Å²) in [7, 11) is -4.08. The van der Waals surface area contributed by atoms with Gasteiger partial charge in [-0.1, -0.05) is 73.5 Å². The minimum Gasteiger partial charge on any atom is -0.354 e. The minimum atomic E-state index is -4.08. The van der Waals surface area contributed by atoms with Gasteiger partial charge in [0.05, 0.1) is 10.6 Å². The number of hydrogen-bond donors (Lipinski definition) is 1. The third-order valence-electron chi connectivity index (χ3n) is 6.50. The number of sulfonamides is 1. The molecule has 0 saturated carbocycles.